The van der Waals surface area contributed by atoms with Crippen LogP contribution in [0.1, 0.15) is 30.0 Å². The van der Waals surface area contributed by atoms with Crippen LogP contribution in [0.2, 0.25) is 0 Å². The summed E-state index contributed by atoms with van der Waals surface area (Å²) in [5.41, 5.74) is 4.97. The molecule has 1 aromatic heterocycles. The van der Waals surface area contributed by atoms with Crippen molar-refractivity contribution in [3.05, 3.63) is 76.3 Å². The lowest BCUT2D eigenvalue weighted by atomic mass is 10.0. The third kappa shape index (κ3) is 4.42. The Balaban J connectivity index is 1.77. The Kier molecular flexibility index (Phi) is 5.70. The van der Waals surface area contributed by atoms with E-state index in [1.807, 2.05) is 74.5 Å². The van der Waals surface area contributed by atoms with Crippen LogP contribution in [0.4, 0.5) is 5.00 Å². The Morgan fingerprint density at radius 1 is 1.23 bits per heavy atom. The second-order valence-corrected chi connectivity index (χ2v) is 8.36. The lowest BCUT2D eigenvalue weighted by Gasteiger charge is -2.22. The molecule has 1 amide bonds. The second kappa shape index (κ2) is 8.58. The maximum atomic E-state index is 11.7. The molecule has 0 bridgehead atoms. The first-order valence-corrected chi connectivity index (χ1v) is 10.7. The summed E-state index contributed by atoms with van der Waals surface area (Å²) in [6, 6.07) is 18.0. The van der Waals surface area contributed by atoms with Gasteiger partial charge in [-0.15, -0.1) is 0 Å². The van der Waals surface area contributed by atoms with Crippen molar-refractivity contribution < 1.29 is 9.53 Å². The number of aryl methyl sites for hydroxylation is 1. The zero-order valence-electron chi connectivity index (χ0n) is 17.5. The summed E-state index contributed by atoms with van der Waals surface area (Å²) in [4.78, 5) is 16.5. The van der Waals surface area contributed by atoms with E-state index < -0.39 is 0 Å². The van der Waals surface area contributed by atoms with Crippen LogP contribution in [0.25, 0.3) is 22.9 Å². The van der Waals surface area contributed by atoms with E-state index in [-0.39, 0.29) is 12.0 Å². The molecule has 1 aliphatic heterocycles. The van der Waals surface area contributed by atoms with Crippen LogP contribution in [0, 0.1) is 18.3 Å². The summed E-state index contributed by atoms with van der Waals surface area (Å²) in [6.45, 7) is 5.43. The molecule has 0 fully saturated rings. The van der Waals surface area contributed by atoms with Crippen LogP contribution >= 0.6 is 11.3 Å². The quantitative estimate of drug-likeness (QED) is 0.530. The fraction of sp³-hybridized carbons (Fsp3) is 0.160. The SMILES string of the molecule is CC(=O)Nc1sc(C(C#N)=CC2=Cc3ccccc3OC2C)nc1-c1ccc(C)cc1. The molecule has 0 radical (unpaired) electrons. The minimum absolute atomic E-state index is 0.181. The lowest BCUT2D eigenvalue weighted by Crippen LogP contribution is -2.17. The van der Waals surface area contributed by atoms with E-state index in [4.69, 9.17) is 9.72 Å². The maximum absolute atomic E-state index is 11.7. The third-order valence-electron chi connectivity index (χ3n) is 4.92. The fourth-order valence-corrected chi connectivity index (χ4v) is 4.32. The van der Waals surface area contributed by atoms with E-state index >= 15 is 0 Å². The molecule has 2 aromatic carbocycles. The zero-order chi connectivity index (χ0) is 22.0. The van der Waals surface area contributed by atoms with Crippen molar-refractivity contribution in [2.45, 2.75) is 26.9 Å². The first kappa shape index (κ1) is 20.6. The minimum atomic E-state index is -0.190. The van der Waals surface area contributed by atoms with E-state index in [0.717, 1.165) is 28.0 Å². The Hall–Kier alpha value is -3.69. The molecule has 1 N–H and O–H groups in total. The lowest BCUT2D eigenvalue weighted by molar-refractivity contribution is -0.114. The second-order valence-electron chi connectivity index (χ2n) is 7.36. The summed E-state index contributed by atoms with van der Waals surface area (Å²) in [6.07, 6.45) is 3.66. The van der Waals surface area contributed by atoms with Gasteiger partial charge in [-0.3, -0.25) is 4.79 Å². The number of benzene rings is 2. The molecule has 154 valence electrons. The minimum Gasteiger partial charge on any atom is -0.485 e. The van der Waals surface area contributed by atoms with Crippen molar-refractivity contribution >= 4 is 33.9 Å². The number of amides is 1. The van der Waals surface area contributed by atoms with Gasteiger partial charge in [-0.25, -0.2) is 4.98 Å². The zero-order valence-corrected chi connectivity index (χ0v) is 18.3. The number of nitriles is 1. The van der Waals surface area contributed by atoms with Crippen LogP contribution in [0.5, 0.6) is 5.75 Å². The number of thiazole rings is 1. The van der Waals surface area contributed by atoms with Crippen LogP contribution in [0.3, 0.4) is 0 Å². The number of rotatable bonds is 4. The van der Waals surface area contributed by atoms with Gasteiger partial charge in [0.15, 0.2) is 0 Å². The first-order chi connectivity index (χ1) is 14.9. The van der Waals surface area contributed by atoms with Crippen molar-refractivity contribution in [1.82, 2.24) is 4.98 Å². The third-order valence-corrected chi connectivity index (χ3v) is 5.92. The standard InChI is InChI=1S/C25H21N3O2S/c1-15-8-10-18(11-9-15)23-25(27-17(3)29)31-24(28-23)21(14-26)13-20-12-19-6-4-5-7-22(19)30-16(20)2/h4-13,16H,1-3H3,(H,27,29). The number of nitrogens with zero attached hydrogens (tertiary/aromatic N) is 2. The molecular weight excluding hydrogens is 406 g/mol. The van der Waals surface area contributed by atoms with Crippen LogP contribution in [-0.2, 0) is 4.79 Å². The average molecular weight is 428 g/mol. The van der Waals surface area contributed by atoms with Gasteiger partial charge in [0.1, 0.15) is 33.6 Å². The van der Waals surface area contributed by atoms with Gasteiger partial charge in [0.2, 0.25) is 5.91 Å². The van der Waals surface area contributed by atoms with E-state index in [9.17, 15) is 10.1 Å². The van der Waals surface area contributed by atoms with E-state index in [2.05, 4.69) is 11.4 Å². The molecule has 0 spiro atoms. The van der Waals surface area contributed by atoms with Gasteiger partial charge < -0.3 is 10.1 Å². The van der Waals surface area contributed by atoms with Crippen LogP contribution in [0.15, 0.2) is 60.2 Å². The van der Waals surface area contributed by atoms with Crippen LogP contribution in [-0.4, -0.2) is 17.0 Å². The highest BCUT2D eigenvalue weighted by molar-refractivity contribution is 7.17. The number of ether oxygens (including phenoxy) is 1. The van der Waals surface area contributed by atoms with E-state index in [0.29, 0.717) is 21.3 Å². The van der Waals surface area contributed by atoms with Gasteiger partial charge in [-0.1, -0.05) is 59.4 Å². The summed E-state index contributed by atoms with van der Waals surface area (Å²) in [7, 11) is 0. The molecular formula is C25H21N3O2S. The molecule has 1 unspecified atom stereocenters. The normalized spacial score (nSPS) is 15.4. The highest BCUT2D eigenvalue weighted by atomic mass is 32.1. The van der Waals surface area contributed by atoms with Crippen molar-refractivity contribution in [2.75, 3.05) is 5.32 Å². The Labute approximate surface area is 185 Å². The summed E-state index contributed by atoms with van der Waals surface area (Å²) >= 11 is 1.29. The topological polar surface area (TPSA) is 75.0 Å². The Morgan fingerprint density at radius 3 is 2.68 bits per heavy atom. The largest absolute Gasteiger partial charge is 0.485 e. The smallest absolute Gasteiger partial charge is 0.221 e. The first-order valence-electron chi connectivity index (χ1n) is 9.89. The predicted octanol–water partition coefficient (Wildman–Crippen LogP) is 5.85. The highest BCUT2D eigenvalue weighted by Crippen LogP contribution is 2.37. The van der Waals surface area contributed by atoms with Crippen LogP contribution < -0.4 is 10.1 Å². The predicted molar refractivity (Wildman–Crippen MR) is 125 cm³/mol. The molecule has 31 heavy (non-hydrogen) atoms. The van der Waals surface area contributed by atoms with E-state index in [1.165, 1.54) is 18.3 Å². The van der Waals surface area contributed by atoms with Gasteiger partial charge in [-0.2, -0.15) is 5.26 Å². The Morgan fingerprint density at radius 2 is 1.97 bits per heavy atom. The summed E-state index contributed by atoms with van der Waals surface area (Å²) in [5.74, 6) is 0.647. The number of anilines is 1. The fourth-order valence-electron chi connectivity index (χ4n) is 3.32. The maximum Gasteiger partial charge on any atom is 0.221 e. The molecule has 0 saturated carbocycles. The molecule has 6 heteroatoms. The van der Waals surface area contributed by atoms with Gasteiger partial charge in [0.05, 0.1) is 5.57 Å². The number of fused-ring (bicyclic) bond motifs is 1. The number of nitrogens with one attached hydrogen (secondary N) is 1. The molecule has 2 heterocycles. The summed E-state index contributed by atoms with van der Waals surface area (Å²) in [5, 5.41) is 13.9. The number of hydrogen-bond donors (Lipinski definition) is 1. The summed E-state index contributed by atoms with van der Waals surface area (Å²) < 4.78 is 5.99. The molecule has 1 aliphatic rings. The number of aromatic nitrogens is 1. The number of para-hydroxylation sites is 1. The average Bonchev–Trinajstić information content (AvgIpc) is 3.15. The van der Waals surface area contributed by atoms with Gasteiger partial charge in [-0.05, 0) is 37.6 Å². The Bertz CT molecular complexity index is 1250. The van der Waals surface area contributed by atoms with Crippen molar-refractivity contribution in [1.29, 1.82) is 5.26 Å². The number of hydrogen-bond acceptors (Lipinski definition) is 5. The molecule has 4 rings (SSSR count). The molecule has 3 aromatic rings. The van der Waals surface area contributed by atoms with Crippen molar-refractivity contribution in [3.63, 3.8) is 0 Å². The number of carbonyl (C=O) groups excluding carboxylic acids is 1. The van der Waals surface area contributed by atoms with E-state index in [1.54, 1.807) is 0 Å². The number of allylic oxidation sites excluding steroid dienone is 1. The number of carbonyl (C=O) groups is 1. The molecule has 5 nitrogen and oxygen atoms in total. The highest BCUT2D eigenvalue weighted by Gasteiger charge is 2.21. The van der Waals surface area contributed by atoms with Crippen molar-refractivity contribution in [2.24, 2.45) is 0 Å². The van der Waals surface area contributed by atoms with Crippen molar-refractivity contribution in [3.8, 4) is 23.1 Å². The molecule has 1 atom stereocenters. The van der Waals surface area contributed by atoms with Gasteiger partial charge in [0, 0.05) is 18.1 Å². The monoisotopic (exact) mass is 427 g/mol. The molecule has 0 saturated heterocycles. The van der Waals surface area contributed by atoms with Gasteiger partial charge >= 0.3 is 0 Å². The molecule has 0 aliphatic carbocycles. The van der Waals surface area contributed by atoms with Gasteiger partial charge in [0.25, 0.3) is 0 Å².